The van der Waals surface area contributed by atoms with Gasteiger partial charge in [-0.1, -0.05) is 29.3 Å². The summed E-state index contributed by atoms with van der Waals surface area (Å²) in [6.07, 6.45) is 0. The number of rotatable bonds is 1. The van der Waals surface area contributed by atoms with Gasteiger partial charge in [-0.2, -0.15) is 0 Å². The van der Waals surface area contributed by atoms with Gasteiger partial charge in [-0.25, -0.2) is 0 Å². The molecule has 0 aromatic heterocycles. The predicted octanol–water partition coefficient (Wildman–Crippen LogP) is 2.40. The summed E-state index contributed by atoms with van der Waals surface area (Å²) in [5.41, 5.74) is 1.59. The zero-order valence-electron chi connectivity index (χ0n) is 8.26. The molecule has 2 saturated heterocycles. The zero-order valence-corrected chi connectivity index (χ0v) is 9.78. The smallest absolute Gasteiger partial charge is 0.0825 e. The van der Waals surface area contributed by atoms with Gasteiger partial charge in [0.05, 0.1) is 15.7 Å². The first kappa shape index (κ1) is 9.76. The molecule has 2 heterocycles. The lowest BCUT2D eigenvalue weighted by Gasteiger charge is -2.57. The van der Waals surface area contributed by atoms with E-state index in [2.05, 4.69) is 10.2 Å². The summed E-state index contributed by atoms with van der Waals surface area (Å²) in [7, 11) is 0. The SMILES string of the molecule is Clc1cccc(N2CC3(CNC3)C2)c1Cl. The van der Waals surface area contributed by atoms with Gasteiger partial charge in [0, 0.05) is 31.6 Å². The molecule has 15 heavy (non-hydrogen) atoms. The standard InChI is InChI=1S/C11H12Cl2N2/c12-8-2-1-3-9(10(8)13)15-6-11(7-15)4-14-5-11/h1-3,14H,4-7H2. The lowest BCUT2D eigenvalue weighted by atomic mass is 9.74. The van der Waals surface area contributed by atoms with Crippen molar-refractivity contribution in [3.8, 4) is 0 Å². The molecule has 1 N–H and O–H groups in total. The number of benzene rings is 1. The third-order valence-corrected chi connectivity index (χ3v) is 4.13. The molecule has 0 bridgehead atoms. The zero-order chi connectivity index (χ0) is 10.5. The molecule has 2 aliphatic heterocycles. The Hall–Kier alpha value is -0.440. The summed E-state index contributed by atoms with van der Waals surface area (Å²) in [5, 5.41) is 4.64. The van der Waals surface area contributed by atoms with Crippen molar-refractivity contribution in [3.05, 3.63) is 28.2 Å². The third-order valence-electron chi connectivity index (χ3n) is 3.32. The molecule has 2 aliphatic rings. The molecule has 80 valence electrons. The highest BCUT2D eigenvalue weighted by Crippen LogP contribution is 2.41. The summed E-state index contributed by atoms with van der Waals surface area (Å²) >= 11 is 12.2. The van der Waals surface area contributed by atoms with Gasteiger partial charge in [-0.05, 0) is 12.1 Å². The first-order valence-corrected chi connectivity index (χ1v) is 5.86. The lowest BCUT2D eigenvalue weighted by Crippen LogP contribution is -2.71. The van der Waals surface area contributed by atoms with Crippen LogP contribution in [0.5, 0.6) is 0 Å². The fourth-order valence-electron chi connectivity index (χ4n) is 2.37. The molecule has 0 amide bonds. The Kier molecular flexibility index (Phi) is 2.13. The van der Waals surface area contributed by atoms with E-state index in [1.165, 1.54) is 0 Å². The molecule has 0 atom stereocenters. The van der Waals surface area contributed by atoms with Crippen molar-refractivity contribution < 1.29 is 0 Å². The average Bonchev–Trinajstić information content (AvgIpc) is 2.07. The van der Waals surface area contributed by atoms with Gasteiger partial charge in [-0.3, -0.25) is 0 Å². The minimum absolute atomic E-state index is 0.519. The van der Waals surface area contributed by atoms with Crippen LogP contribution in [0, 0.1) is 5.41 Å². The molecule has 4 heteroatoms. The third kappa shape index (κ3) is 1.43. The molecule has 3 rings (SSSR count). The topological polar surface area (TPSA) is 15.3 Å². The van der Waals surface area contributed by atoms with Gasteiger partial charge in [0.15, 0.2) is 0 Å². The molecule has 0 unspecified atom stereocenters. The predicted molar refractivity (Wildman–Crippen MR) is 64.0 cm³/mol. The molecule has 2 nitrogen and oxygen atoms in total. The summed E-state index contributed by atoms with van der Waals surface area (Å²) in [4.78, 5) is 2.30. The van der Waals surface area contributed by atoms with E-state index in [4.69, 9.17) is 23.2 Å². The Morgan fingerprint density at radius 3 is 2.53 bits per heavy atom. The monoisotopic (exact) mass is 242 g/mol. The molecule has 1 aromatic carbocycles. The van der Waals surface area contributed by atoms with Crippen LogP contribution in [0.1, 0.15) is 0 Å². The summed E-state index contributed by atoms with van der Waals surface area (Å²) in [6.45, 7) is 4.48. The molecular formula is C11H12Cl2N2. The van der Waals surface area contributed by atoms with Crippen LogP contribution in [0.4, 0.5) is 5.69 Å². The summed E-state index contributed by atoms with van der Waals surface area (Å²) in [6, 6.07) is 5.81. The number of halogens is 2. The largest absolute Gasteiger partial charge is 0.369 e. The van der Waals surface area contributed by atoms with E-state index in [1.54, 1.807) is 0 Å². The Morgan fingerprint density at radius 2 is 1.93 bits per heavy atom. The fraction of sp³-hybridized carbons (Fsp3) is 0.455. The van der Waals surface area contributed by atoms with Crippen LogP contribution in [0.2, 0.25) is 10.0 Å². The number of anilines is 1. The van der Waals surface area contributed by atoms with Crippen molar-refractivity contribution in [2.24, 2.45) is 5.41 Å². The summed E-state index contributed by atoms with van der Waals surface area (Å²) < 4.78 is 0. The van der Waals surface area contributed by atoms with E-state index in [0.717, 1.165) is 31.9 Å². The minimum atomic E-state index is 0.519. The maximum atomic E-state index is 6.17. The molecule has 0 radical (unpaired) electrons. The van der Waals surface area contributed by atoms with Crippen LogP contribution >= 0.6 is 23.2 Å². The molecular weight excluding hydrogens is 231 g/mol. The van der Waals surface area contributed by atoms with Crippen molar-refractivity contribution >= 4 is 28.9 Å². The van der Waals surface area contributed by atoms with E-state index < -0.39 is 0 Å². The van der Waals surface area contributed by atoms with Crippen LogP contribution in [0.15, 0.2) is 18.2 Å². The van der Waals surface area contributed by atoms with Crippen LogP contribution in [0.3, 0.4) is 0 Å². The van der Waals surface area contributed by atoms with E-state index in [-0.39, 0.29) is 0 Å². The number of hydrogen-bond acceptors (Lipinski definition) is 2. The Balaban J connectivity index is 1.80. The van der Waals surface area contributed by atoms with Crippen LogP contribution in [-0.4, -0.2) is 26.2 Å². The van der Waals surface area contributed by atoms with Gasteiger partial charge < -0.3 is 10.2 Å². The number of hydrogen-bond donors (Lipinski definition) is 1. The quantitative estimate of drug-likeness (QED) is 0.814. The maximum Gasteiger partial charge on any atom is 0.0825 e. The van der Waals surface area contributed by atoms with Crippen molar-refractivity contribution in [1.29, 1.82) is 0 Å². The minimum Gasteiger partial charge on any atom is -0.369 e. The summed E-state index contributed by atoms with van der Waals surface area (Å²) in [5.74, 6) is 0. The van der Waals surface area contributed by atoms with E-state index in [1.807, 2.05) is 18.2 Å². The van der Waals surface area contributed by atoms with Gasteiger partial charge in [0.1, 0.15) is 0 Å². The van der Waals surface area contributed by atoms with Crippen molar-refractivity contribution in [2.45, 2.75) is 0 Å². The highest BCUT2D eigenvalue weighted by atomic mass is 35.5. The second-order valence-electron chi connectivity index (χ2n) is 4.53. The normalized spacial score (nSPS) is 22.4. The number of nitrogens with one attached hydrogen (secondary N) is 1. The molecule has 1 spiro atoms. The Morgan fingerprint density at radius 1 is 1.20 bits per heavy atom. The van der Waals surface area contributed by atoms with Gasteiger partial charge in [-0.15, -0.1) is 0 Å². The second-order valence-corrected chi connectivity index (χ2v) is 5.32. The van der Waals surface area contributed by atoms with Crippen LogP contribution in [-0.2, 0) is 0 Å². The van der Waals surface area contributed by atoms with Gasteiger partial charge in [0.25, 0.3) is 0 Å². The van der Waals surface area contributed by atoms with Gasteiger partial charge >= 0.3 is 0 Å². The highest BCUT2D eigenvalue weighted by Gasteiger charge is 2.47. The van der Waals surface area contributed by atoms with E-state index in [0.29, 0.717) is 15.5 Å². The Labute approximate surface area is 99.2 Å². The van der Waals surface area contributed by atoms with Crippen molar-refractivity contribution in [3.63, 3.8) is 0 Å². The highest BCUT2D eigenvalue weighted by molar-refractivity contribution is 6.43. The van der Waals surface area contributed by atoms with Crippen molar-refractivity contribution in [2.75, 3.05) is 31.1 Å². The molecule has 0 saturated carbocycles. The second kappa shape index (κ2) is 3.27. The molecule has 0 aliphatic carbocycles. The van der Waals surface area contributed by atoms with Crippen LogP contribution in [0.25, 0.3) is 0 Å². The first-order chi connectivity index (χ1) is 7.20. The van der Waals surface area contributed by atoms with Crippen molar-refractivity contribution in [1.82, 2.24) is 5.32 Å². The maximum absolute atomic E-state index is 6.17. The molecule has 1 aromatic rings. The Bertz CT molecular complexity index is 394. The van der Waals surface area contributed by atoms with Gasteiger partial charge in [0.2, 0.25) is 0 Å². The molecule has 2 fully saturated rings. The first-order valence-electron chi connectivity index (χ1n) is 5.10. The lowest BCUT2D eigenvalue weighted by molar-refractivity contribution is 0.121. The van der Waals surface area contributed by atoms with E-state index >= 15 is 0 Å². The van der Waals surface area contributed by atoms with E-state index in [9.17, 15) is 0 Å². The van der Waals surface area contributed by atoms with Crippen LogP contribution < -0.4 is 10.2 Å². The number of nitrogens with zero attached hydrogens (tertiary/aromatic N) is 1. The fourth-order valence-corrected chi connectivity index (χ4v) is 2.79. The average molecular weight is 243 g/mol.